The molecule has 0 bridgehead atoms. The molecule has 1 aliphatic heterocycles. The number of benzene rings is 2. The maximum atomic E-state index is 13.5. The summed E-state index contributed by atoms with van der Waals surface area (Å²) in [7, 11) is 0. The monoisotopic (exact) mass is 607 g/mol. The highest BCUT2D eigenvalue weighted by atomic mass is 35.5. The molecule has 1 N–H and O–H groups in total. The molecule has 212 valence electrons. The molecular weight excluding hydrogens is 576 g/mol. The topological polar surface area (TPSA) is 68.5 Å². The van der Waals surface area contributed by atoms with E-state index < -0.39 is 17.4 Å². The molecule has 1 aromatic heterocycles. The van der Waals surface area contributed by atoms with Crippen molar-refractivity contribution in [2.24, 2.45) is 5.41 Å². The maximum absolute atomic E-state index is 13.5. The molecule has 0 saturated carbocycles. The summed E-state index contributed by atoms with van der Waals surface area (Å²) in [5.74, 6) is -1.20. The first kappa shape index (κ1) is 29.2. The fourth-order valence-electron chi connectivity index (χ4n) is 5.11. The minimum absolute atomic E-state index is 0.0834. The van der Waals surface area contributed by atoms with Gasteiger partial charge in [0.1, 0.15) is 11.2 Å². The van der Waals surface area contributed by atoms with Crippen molar-refractivity contribution in [1.82, 2.24) is 0 Å². The van der Waals surface area contributed by atoms with Crippen molar-refractivity contribution in [3.05, 3.63) is 93.0 Å². The smallest absolute Gasteiger partial charge is 0.324 e. The third-order valence-corrected chi connectivity index (χ3v) is 9.71. The van der Waals surface area contributed by atoms with Crippen LogP contribution in [0.15, 0.2) is 92.9 Å². The Morgan fingerprint density at radius 3 is 2.39 bits per heavy atom. The fourth-order valence-corrected chi connectivity index (χ4v) is 7.41. The van der Waals surface area contributed by atoms with E-state index in [1.54, 1.807) is 36.9 Å². The number of allylic oxidation sites excluding steroid dienone is 6. The Morgan fingerprint density at radius 1 is 0.976 bits per heavy atom. The number of thiazole rings is 1. The van der Waals surface area contributed by atoms with Crippen LogP contribution in [0.3, 0.4) is 0 Å². The average Bonchev–Trinajstić information content (AvgIpc) is 3.56. The second-order valence-electron chi connectivity index (χ2n) is 9.65. The normalized spacial score (nSPS) is 18.2. The molecule has 0 fully saturated rings. The Morgan fingerprint density at radius 2 is 1.68 bits per heavy atom. The maximum Gasteiger partial charge on any atom is 0.324 e. The number of ether oxygens (including phenoxy) is 2. The van der Waals surface area contributed by atoms with E-state index in [9.17, 15) is 9.59 Å². The van der Waals surface area contributed by atoms with Crippen molar-refractivity contribution >= 4 is 68.6 Å². The van der Waals surface area contributed by atoms with Gasteiger partial charge in [-0.05, 0) is 62.3 Å². The zero-order valence-corrected chi connectivity index (χ0v) is 25.6. The molecule has 0 radical (unpaired) electrons. The largest absolute Gasteiger partial charge is 0.465 e. The quantitative estimate of drug-likeness (QED) is 0.161. The van der Waals surface area contributed by atoms with Crippen LogP contribution in [0.25, 0.3) is 16.3 Å². The van der Waals surface area contributed by atoms with E-state index in [0.29, 0.717) is 16.2 Å². The lowest BCUT2D eigenvalue weighted by Gasteiger charge is -2.34. The van der Waals surface area contributed by atoms with Crippen LogP contribution in [-0.4, -0.2) is 25.2 Å². The lowest BCUT2D eigenvalue weighted by Crippen LogP contribution is -2.44. The molecule has 0 saturated heterocycles. The molecule has 1 aliphatic carbocycles. The first-order chi connectivity index (χ1) is 19.9. The van der Waals surface area contributed by atoms with Gasteiger partial charge >= 0.3 is 11.9 Å². The van der Waals surface area contributed by atoms with Gasteiger partial charge in [0.2, 0.25) is 5.52 Å². The Bertz CT molecular complexity index is 1570. The molecule has 5 rings (SSSR count). The van der Waals surface area contributed by atoms with E-state index >= 15 is 0 Å². The van der Waals surface area contributed by atoms with Crippen molar-refractivity contribution in [3.8, 4) is 0 Å². The zero-order chi connectivity index (χ0) is 29.0. The number of rotatable bonds is 8. The van der Waals surface area contributed by atoms with E-state index in [2.05, 4.69) is 35.0 Å². The summed E-state index contributed by atoms with van der Waals surface area (Å²) in [5, 5.41) is 5.90. The summed E-state index contributed by atoms with van der Waals surface area (Å²) >= 11 is 10.3. The number of carbonyl (C=O) groups is 2. The Hall–Kier alpha value is -3.33. The summed E-state index contributed by atoms with van der Waals surface area (Å²) < 4.78 is 14.3. The van der Waals surface area contributed by atoms with Gasteiger partial charge < -0.3 is 14.8 Å². The molecule has 0 unspecified atom stereocenters. The van der Waals surface area contributed by atoms with E-state index in [4.69, 9.17) is 21.1 Å². The highest BCUT2D eigenvalue weighted by Crippen LogP contribution is 2.47. The molecule has 2 aromatic carbocycles. The first-order valence-corrected chi connectivity index (χ1v) is 15.7. The van der Waals surface area contributed by atoms with Crippen LogP contribution in [0.1, 0.15) is 38.6 Å². The molecule has 0 spiro atoms. The number of thioether (sulfide) groups is 1. The molecule has 2 aliphatic rings. The molecule has 0 amide bonds. The number of fused-ring (bicyclic) bond motifs is 2. The van der Waals surface area contributed by atoms with Crippen LogP contribution < -0.4 is 9.88 Å². The van der Waals surface area contributed by atoms with Crippen LogP contribution >= 0.6 is 34.7 Å². The minimum atomic E-state index is -1.53. The Kier molecular flexibility index (Phi) is 9.02. The SMILES string of the molecule is CCOC(=O)C1(C(=O)OCC)CC(=CC=C2Nc3ccccc3S2)C(Cl)=C(C=Cc2sc3ccccc3[n+]2CC)C1. The number of esters is 2. The average molecular weight is 608 g/mol. The van der Waals surface area contributed by atoms with Gasteiger partial charge in [0.25, 0.3) is 5.01 Å². The van der Waals surface area contributed by atoms with Crippen molar-refractivity contribution < 1.29 is 23.6 Å². The van der Waals surface area contributed by atoms with Gasteiger partial charge in [0, 0.05) is 34.9 Å². The number of halogens is 1. The highest BCUT2D eigenvalue weighted by Gasteiger charge is 2.52. The van der Waals surface area contributed by atoms with Gasteiger partial charge in [-0.15, -0.1) is 0 Å². The fraction of sp³-hybridized carbons (Fsp3) is 0.281. The number of para-hydroxylation sites is 2. The van der Waals surface area contributed by atoms with Crippen LogP contribution in [0.4, 0.5) is 5.69 Å². The predicted octanol–water partition coefficient (Wildman–Crippen LogP) is 7.61. The second-order valence-corrected chi connectivity index (χ2v) is 12.2. The molecule has 2 heterocycles. The van der Waals surface area contributed by atoms with Gasteiger partial charge in [-0.1, -0.05) is 65.0 Å². The molecular formula is C32H32ClN2O4S2+. The summed E-state index contributed by atoms with van der Waals surface area (Å²) in [4.78, 5) is 28.1. The Balaban J connectivity index is 1.58. The van der Waals surface area contributed by atoms with Crippen molar-refractivity contribution in [3.63, 3.8) is 0 Å². The molecule has 9 heteroatoms. The highest BCUT2D eigenvalue weighted by molar-refractivity contribution is 8.03. The summed E-state index contributed by atoms with van der Waals surface area (Å²) in [6.07, 6.45) is 7.93. The van der Waals surface area contributed by atoms with Gasteiger partial charge in [-0.3, -0.25) is 9.59 Å². The van der Waals surface area contributed by atoms with Crippen LogP contribution in [-0.2, 0) is 25.6 Å². The third-order valence-electron chi connectivity index (χ3n) is 7.06. The minimum Gasteiger partial charge on any atom is -0.465 e. The van der Waals surface area contributed by atoms with Crippen molar-refractivity contribution in [1.29, 1.82) is 0 Å². The summed E-state index contributed by atoms with van der Waals surface area (Å²) in [5.41, 5.74) is 2.01. The lowest BCUT2D eigenvalue weighted by atomic mass is 9.71. The Labute approximate surface area is 253 Å². The number of anilines is 1. The van der Waals surface area contributed by atoms with Crippen molar-refractivity contribution in [2.45, 2.75) is 45.1 Å². The van der Waals surface area contributed by atoms with Crippen molar-refractivity contribution in [2.75, 3.05) is 18.5 Å². The van der Waals surface area contributed by atoms with E-state index in [-0.39, 0.29) is 26.1 Å². The van der Waals surface area contributed by atoms with Gasteiger partial charge in [-0.2, -0.15) is 4.57 Å². The number of nitrogens with zero attached hydrogens (tertiary/aromatic N) is 1. The summed E-state index contributed by atoms with van der Waals surface area (Å²) in [6, 6.07) is 16.3. The molecule has 41 heavy (non-hydrogen) atoms. The molecule has 3 aromatic rings. The predicted molar refractivity (Wildman–Crippen MR) is 167 cm³/mol. The summed E-state index contributed by atoms with van der Waals surface area (Å²) in [6.45, 7) is 6.69. The van der Waals surface area contributed by atoms with E-state index in [1.807, 2.05) is 54.6 Å². The van der Waals surface area contributed by atoms with Crippen LogP contribution in [0.5, 0.6) is 0 Å². The number of hydrogen-bond donors (Lipinski definition) is 1. The first-order valence-electron chi connectivity index (χ1n) is 13.7. The third kappa shape index (κ3) is 5.87. The molecule has 0 atom stereocenters. The number of carbonyl (C=O) groups excluding carboxylic acids is 2. The standard InChI is InChI=1S/C32H31ClN2O4S2/c1-4-35-24-12-8-10-14-26(24)41-28(35)18-16-22-20-32(30(36)38-5-2,31(37)39-6-3)19-21(29(22)33)15-17-27-34-23-11-7-9-13-25(23)40-27/h7-18H,4-6,19-20H2,1-3H3/p+1. The number of aromatic nitrogens is 1. The number of hydrogen-bond acceptors (Lipinski definition) is 7. The number of nitrogens with one attached hydrogen (secondary N) is 1. The van der Waals surface area contributed by atoms with Gasteiger partial charge in [0.05, 0.1) is 23.9 Å². The van der Waals surface area contributed by atoms with Crippen LogP contribution in [0.2, 0.25) is 0 Å². The second kappa shape index (κ2) is 12.7. The lowest BCUT2D eigenvalue weighted by molar-refractivity contribution is -0.665. The van der Waals surface area contributed by atoms with E-state index in [0.717, 1.165) is 32.7 Å². The zero-order valence-electron chi connectivity index (χ0n) is 23.2. The number of aryl methyl sites for hydroxylation is 1. The van der Waals surface area contributed by atoms with Crippen LogP contribution in [0, 0.1) is 5.41 Å². The van der Waals surface area contributed by atoms with E-state index in [1.165, 1.54) is 4.70 Å². The van der Waals surface area contributed by atoms with Gasteiger partial charge in [0.15, 0.2) is 5.41 Å². The van der Waals surface area contributed by atoms with Gasteiger partial charge in [-0.25, -0.2) is 0 Å². The molecule has 6 nitrogen and oxygen atoms in total.